The highest BCUT2D eigenvalue weighted by atomic mass is 32.2. The second kappa shape index (κ2) is 6.53. The predicted octanol–water partition coefficient (Wildman–Crippen LogP) is 1.17. The lowest BCUT2D eigenvalue weighted by Crippen LogP contribution is -2.45. The van der Waals surface area contributed by atoms with Gasteiger partial charge in [0, 0.05) is 11.9 Å². The molecule has 0 bridgehead atoms. The van der Waals surface area contributed by atoms with Crippen molar-refractivity contribution in [3.8, 4) is 0 Å². The van der Waals surface area contributed by atoms with E-state index in [2.05, 4.69) is 0 Å². The summed E-state index contributed by atoms with van der Waals surface area (Å²) in [5.74, 6) is 0. The molecule has 0 aromatic carbocycles. The van der Waals surface area contributed by atoms with E-state index in [4.69, 9.17) is 5.73 Å². The zero-order valence-electron chi connectivity index (χ0n) is 11.7. The van der Waals surface area contributed by atoms with Crippen LogP contribution in [-0.4, -0.2) is 43.6 Å². The largest absolute Gasteiger partial charge is 0.391 e. The summed E-state index contributed by atoms with van der Waals surface area (Å²) in [4.78, 5) is 0.976. The lowest BCUT2D eigenvalue weighted by atomic mass is 9.93. The predicted molar refractivity (Wildman–Crippen MR) is 80.3 cm³/mol. The van der Waals surface area contributed by atoms with Gasteiger partial charge >= 0.3 is 0 Å². The van der Waals surface area contributed by atoms with Crippen molar-refractivity contribution < 1.29 is 13.5 Å². The van der Waals surface area contributed by atoms with Gasteiger partial charge in [-0.05, 0) is 37.9 Å². The van der Waals surface area contributed by atoms with Crippen molar-refractivity contribution in [2.45, 2.75) is 48.5 Å². The van der Waals surface area contributed by atoms with E-state index < -0.39 is 16.1 Å². The molecule has 20 heavy (non-hydrogen) atoms. The van der Waals surface area contributed by atoms with Crippen molar-refractivity contribution in [2.75, 3.05) is 13.6 Å². The van der Waals surface area contributed by atoms with Gasteiger partial charge in [0.15, 0.2) is 0 Å². The van der Waals surface area contributed by atoms with Crippen molar-refractivity contribution in [1.29, 1.82) is 0 Å². The van der Waals surface area contributed by atoms with Gasteiger partial charge in [-0.15, -0.1) is 11.3 Å². The lowest BCUT2D eigenvalue weighted by molar-refractivity contribution is 0.0638. The minimum absolute atomic E-state index is 0.311. The van der Waals surface area contributed by atoms with Crippen molar-refractivity contribution in [3.63, 3.8) is 0 Å². The van der Waals surface area contributed by atoms with E-state index in [1.54, 1.807) is 13.1 Å². The second-order valence-electron chi connectivity index (χ2n) is 5.20. The molecule has 1 aliphatic carbocycles. The van der Waals surface area contributed by atoms with Crippen molar-refractivity contribution in [3.05, 3.63) is 17.0 Å². The summed E-state index contributed by atoms with van der Waals surface area (Å²) in [6.45, 7) is 0.511. The van der Waals surface area contributed by atoms with Crippen LogP contribution in [0.1, 0.15) is 30.6 Å². The molecule has 1 aromatic heterocycles. The Hall–Kier alpha value is -0.470. The summed E-state index contributed by atoms with van der Waals surface area (Å²) in [5.41, 5.74) is 5.49. The average Bonchev–Trinajstić information content (AvgIpc) is 2.88. The van der Waals surface area contributed by atoms with Crippen LogP contribution in [0.5, 0.6) is 0 Å². The first kappa shape index (κ1) is 15.9. The number of likely N-dealkylation sites (N-methyl/N-ethyl adjacent to an activating group) is 1. The molecule has 5 nitrogen and oxygen atoms in total. The Morgan fingerprint density at radius 2 is 2.10 bits per heavy atom. The molecule has 1 saturated carbocycles. The number of hydrogen-bond acceptors (Lipinski definition) is 5. The van der Waals surface area contributed by atoms with Crippen molar-refractivity contribution >= 4 is 21.4 Å². The highest BCUT2D eigenvalue weighted by molar-refractivity contribution is 7.91. The van der Waals surface area contributed by atoms with E-state index in [0.717, 1.165) is 24.1 Å². The van der Waals surface area contributed by atoms with E-state index in [-0.39, 0.29) is 6.04 Å². The van der Waals surface area contributed by atoms with Crippen LogP contribution in [0.25, 0.3) is 0 Å². The first-order chi connectivity index (χ1) is 9.46. The molecule has 1 aliphatic rings. The molecular formula is C13H22N2O3S2. The Kier molecular flexibility index (Phi) is 5.19. The van der Waals surface area contributed by atoms with Gasteiger partial charge in [-0.2, -0.15) is 4.31 Å². The van der Waals surface area contributed by atoms with Crippen molar-refractivity contribution in [2.24, 2.45) is 5.73 Å². The third-order valence-corrected chi connectivity index (χ3v) is 7.32. The zero-order valence-corrected chi connectivity index (χ0v) is 13.3. The quantitative estimate of drug-likeness (QED) is 0.854. The Balaban J connectivity index is 2.19. The minimum atomic E-state index is -3.52. The number of rotatable bonds is 5. The van der Waals surface area contributed by atoms with Crippen LogP contribution in [0, 0.1) is 0 Å². The molecular weight excluding hydrogens is 296 g/mol. The summed E-state index contributed by atoms with van der Waals surface area (Å²) >= 11 is 1.27. The highest BCUT2D eigenvalue weighted by Gasteiger charge is 2.34. The fourth-order valence-corrected chi connectivity index (χ4v) is 5.58. The number of sulfonamides is 1. The molecule has 3 N–H and O–H groups in total. The number of nitrogens with zero attached hydrogens (tertiary/aromatic N) is 1. The van der Waals surface area contributed by atoms with E-state index in [9.17, 15) is 13.5 Å². The highest BCUT2D eigenvalue weighted by Crippen LogP contribution is 2.30. The maximum atomic E-state index is 12.6. The summed E-state index contributed by atoms with van der Waals surface area (Å²) in [7, 11) is -1.95. The summed E-state index contributed by atoms with van der Waals surface area (Å²) in [6, 6.07) is 3.14. The van der Waals surface area contributed by atoms with Crippen LogP contribution < -0.4 is 5.73 Å². The number of aliphatic hydroxyl groups is 1. The number of nitrogens with two attached hydrogens (primary N) is 1. The number of hydrogen-bond donors (Lipinski definition) is 2. The molecule has 1 heterocycles. The Morgan fingerprint density at radius 1 is 1.40 bits per heavy atom. The van der Waals surface area contributed by atoms with Crippen LogP contribution in [0.15, 0.2) is 16.3 Å². The third-order valence-electron chi connectivity index (χ3n) is 3.82. The van der Waals surface area contributed by atoms with E-state index in [1.165, 1.54) is 15.6 Å². The molecule has 2 rings (SSSR count). The lowest BCUT2D eigenvalue weighted by Gasteiger charge is -2.34. The van der Waals surface area contributed by atoms with Gasteiger partial charge in [0.25, 0.3) is 10.0 Å². The second-order valence-corrected chi connectivity index (χ2v) is 8.59. The maximum absolute atomic E-state index is 12.6. The monoisotopic (exact) mass is 318 g/mol. The van der Waals surface area contributed by atoms with E-state index in [1.807, 2.05) is 6.07 Å². The fraction of sp³-hybridized carbons (Fsp3) is 0.692. The normalized spacial score (nSPS) is 24.2. The van der Waals surface area contributed by atoms with Gasteiger partial charge in [-0.1, -0.05) is 12.8 Å². The first-order valence-electron chi connectivity index (χ1n) is 6.91. The summed E-state index contributed by atoms with van der Waals surface area (Å²) < 4.78 is 26.9. The first-order valence-corrected chi connectivity index (χ1v) is 9.17. The zero-order chi connectivity index (χ0) is 14.8. The van der Waals surface area contributed by atoms with E-state index in [0.29, 0.717) is 23.6 Å². The Labute approximate surface area is 124 Å². The number of aliphatic hydroxyl groups excluding tert-OH is 1. The van der Waals surface area contributed by atoms with Crippen LogP contribution in [-0.2, 0) is 16.4 Å². The molecule has 1 aromatic rings. The van der Waals surface area contributed by atoms with Crippen molar-refractivity contribution in [1.82, 2.24) is 4.31 Å². The fourth-order valence-electron chi connectivity index (χ4n) is 2.61. The topological polar surface area (TPSA) is 83.6 Å². The molecule has 0 saturated heterocycles. The third kappa shape index (κ3) is 3.23. The van der Waals surface area contributed by atoms with Gasteiger partial charge in [0.2, 0.25) is 0 Å². The SMILES string of the molecule is CN(C1CCCCC1O)S(=O)(=O)c1ccc(CCN)s1. The van der Waals surface area contributed by atoms with Crippen LogP contribution in [0.4, 0.5) is 0 Å². The Morgan fingerprint density at radius 3 is 2.75 bits per heavy atom. The Bertz CT molecular complexity index is 542. The molecule has 1 fully saturated rings. The molecule has 2 unspecified atom stereocenters. The molecule has 7 heteroatoms. The van der Waals surface area contributed by atoms with Gasteiger partial charge in [-0.3, -0.25) is 0 Å². The molecule has 0 amide bonds. The van der Waals surface area contributed by atoms with Crippen LogP contribution in [0.2, 0.25) is 0 Å². The minimum Gasteiger partial charge on any atom is -0.391 e. The van der Waals surface area contributed by atoms with Gasteiger partial charge in [0.1, 0.15) is 4.21 Å². The van der Waals surface area contributed by atoms with Gasteiger partial charge in [0.05, 0.1) is 12.1 Å². The molecule has 0 spiro atoms. The van der Waals surface area contributed by atoms with Gasteiger partial charge in [-0.25, -0.2) is 8.42 Å². The maximum Gasteiger partial charge on any atom is 0.252 e. The van der Waals surface area contributed by atoms with Gasteiger partial charge < -0.3 is 10.8 Å². The smallest absolute Gasteiger partial charge is 0.252 e. The summed E-state index contributed by atoms with van der Waals surface area (Å²) in [5, 5.41) is 10.0. The summed E-state index contributed by atoms with van der Waals surface area (Å²) in [6.07, 6.45) is 3.45. The van der Waals surface area contributed by atoms with Crippen LogP contribution in [0.3, 0.4) is 0 Å². The average molecular weight is 318 g/mol. The van der Waals surface area contributed by atoms with E-state index >= 15 is 0 Å². The molecule has 114 valence electrons. The van der Waals surface area contributed by atoms with Crippen LogP contribution >= 0.6 is 11.3 Å². The standard InChI is InChI=1S/C13H22N2O3S2/c1-15(11-4-2-3-5-12(11)16)20(17,18)13-7-6-10(19-13)8-9-14/h6-7,11-12,16H,2-5,8-9,14H2,1H3. The number of thiophene rings is 1. The molecule has 2 atom stereocenters. The molecule has 0 aliphatic heterocycles. The molecule has 0 radical (unpaired) electrons.